The molecule has 32 heavy (non-hydrogen) atoms. The number of benzene rings is 2. The van der Waals surface area contributed by atoms with Gasteiger partial charge in [-0.25, -0.2) is 0 Å². The van der Waals surface area contributed by atoms with Crippen molar-refractivity contribution in [3.05, 3.63) is 78.5 Å². The summed E-state index contributed by atoms with van der Waals surface area (Å²) in [6.45, 7) is 14.2. The molecule has 4 nitrogen and oxygen atoms in total. The lowest BCUT2D eigenvalue weighted by molar-refractivity contribution is 0.143. The SMILES string of the molecule is C=C(Nc1ccc(C(=C)N2CCN(C)CC2c2ccccc2)c(N2CCCC2)c1)C1CC1. The number of hydrogen-bond acceptors (Lipinski definition) is 4. The van der Waals surface area contributed by atoms with Crippen LogP contribution in [0.4, 0.5) is 11.4 Å². The second-order valence-corrected chi connectivity index (χ2v) is 9.68. The molecule has 0 aromatic heterocycles. The van der Waals surface area contributed by atoms with E-state index in [1.165, 1.54) is 42.5 Å². The smallest absolute Gasteiger partial charge is 0.0669 e. The molecule has 1 N–H and O–H groups in total. The predicted octanol–water partition coefficient (Wildman–Crippen LogP) is 5.58. The molecule has 0 spiro atoms. The maximum atomic E-state index is 4.65. The summed E-state index contributed by atoms with van der Waals surface area (Å²) in [4.78, 5) is 7.50. The highest BCUT2D eigenvalue weighted by molar-refractivity contribution is 5.79. The molecule has 2 aromatic carbocycles. The van der Waals surface area contributed by atoms with Gasteiger partial charge in [0, 0.05) is 61.1 Å². The Morgan fingerprint density at radius 3 is 2.41 bits per heavy atom. The van der Waals surface area contributed by atoms with Gasteiger partial charge in [-0.3, -0.25) is 0 Å². The van der Waals surface area contributed by atoms with Gasteiger partial charge < -0.3 is 20.0 Å². The third kappa shape index (κ3) is 4.42. The van der Waals surface area contributed by atoms with E-state index in [4.69, 9.17) is 0 Å². The maximum absolute atomic E-state index is 4.65. The summed E-state index contributed by atoms with van der Waals surface area (Å²) in [5.41, 5.74) is 7.39. The van der Waals surface area contributed by atoms with Crippen LogP contribution in [0.1, 0.15) is 42.9 Å². The fraction of sp³-hybridized carbons (Fsp3) is 0.429. The highest BCUT2D eigenvalue weighted by Crippen LogP contribution is 2.40. The summed E-state index contributed by atoms with van der Waals surface area (Å²) in [7, 11) is 2.22. The quantitative estimate of drug-likeness (QED) is 0.621. The van der Waals surface area contributed by atoms with Gasteiger partial charge in [-0.2, -0.15) is 0 Å². The zero-order chi connectivity index (χ0) is 22.1. The van der Waals surface area contributed by atoms with E-state index >= 15 is 0 Å². The number of allylic oxidation sites excluding steroid dienone is 1. The Morgan fingerprint density at radius 1 is 0.938 bits per heavy atom. The lowest BCUT2D eigenvalue weighted by Gasteiger charge is -2.43. The number of nitrogens with one attached hydrogen (secondary N) is 1. The first-order valence-corrected chi connectivity index (χ1v) is 12.1. The minimum atomic E-state index is 0.321. The fourth-order valence-corrected chi connectivity index (χ4v) is 5.15. The van der Waals surface area contributed by atoms with E-state index < -0.39 is 0 Å². The summed E-state index contributed by atoms with van der Waals surface area (Å²) in [6.07, 6.45) is 5.06. The van der Waals surface area contributed by atoms with Crippen molar-refractivity contribution in [2.75, 3.05) is 50.0 Å². The zero-order valence-corrected chi connectivity index (χ0v) is 19.4. The molecule has 1 aliphatic carbocycles. The average molecular weight is 429 g/mol. The number of piperazine rings is 1. The topological polar surface area (TPSA) is 21.8 Å². The molecule has 1 unspecified atom stereocenters. The van der Waals surface area contributed by atoms with Gasteiger partial charge in [0.25, 0.3) is 0 Å². The number of rotatable bonds is 7. The molecule has 1 atom stereocenters. The van der Waals surface area contributed by atoms with Gasteiger partial charge in [0.15, 0.2) is 0 Å². The Kier molecular flexibility index (Phi) is 5.97. The lowest BCUT2D eigenvalue weighted by Crippen LogP contribution is -2.45. The van der Waals surface area contributed by atoms with E-state index in [-0.39, 0.29) is 0 Å². The van der Waals surface area contributed by atoms with E-state index in [0.717, 1.165) is 49.8 Å². The molecule has 0 radical (unpaired) electrons. The molecule has 0 bridgehead atoms. The Balaban J connectivity index is 1.46. The molecule has 3 aliphatic rings. The molecule has 168 valence electrons. The van der Waals surface area contributed by atoms with E-state index in [0.29, 0.717) is 12.0 Å². The van der Waals surface area contributed by atoms with E-state index in [1.54, 1.807) is 0 Å². The Bertz CT molecular complexity index is 972. The Labute approximate surface area is 193 Å². The maximum Gasteiger partial charge on any atom is 0.0669 e. The first-order chi connectivity index (χ1) is 15.6. The zero-order valence-electron chi connectivity index (χ0n) is 19.4. The van der Waals surface area contributed by atoms with Crippen LogP contribution in [0.3, 0.4) is 0 Å². The van der Waals surface area contributed by atoms with Crippen molar-refractivity contribution in [1.29, 1.82) is 0 Å². The van der Waals surface area contributed by atoms with Crippen molar-refractivity contribution in [2.45, 2.75) is 31.7 Å². The summed E-state index contributed by atoms with van der Waals surface area (Å²) in [6, 6.07) is 18.0. The third-order valence-corrected chi connectivity index (χ3v) is 7.24. The van der Waals surface area contributed by atoms with E-state index in [2.05, 4.69) is 88.8 Å². The monoisotopic (exact) mass is 428 g/mol. The molecule has 2 saturated heterocycles. The van der Waals surface area contributed by atoms with Crippen LogP contribution in [0.5, 0.6) is 0 Å². The second kappa shape index (κ2) is 9.03. The highest BCUT2D eigenvalue weighted by atomic mass is 15.3. The molecule has 5 rings (SSSR count). The minimum Gasteiger partial charge on any atom is -0.371 e. The summed E-state index contributed by atoms with van der Waals surface area (Å²) in [5, 5.41) is 3.58. The summed E-state index contributed by atoms with van der Waals surface area (Å²) < 4.78 is 0. The lowest BCUT2D eigenvalue weighted by atomic mass is 9.99. The van der Waals surface area contributed by atoms with Gasteiger partial charge in [-0.1, -0.05) is 43.5 Å². The van der Waals surface area contributed by atoms with Gasteiger partial charge in [0.2, 0.25) is 0 Å². The van der Waals surface area contributed by atoms with Crippen molar-refractivity contribution in [3.8, 4) is 0 Å². The van der Waals surface area contributed by atoms with Crippen molar-refractivity contribution >= 4 is 17.1 Å². The van der Waals surface area contributed by atoms with Crippen LogP contribution in [0.25, 0.3) is 5.70 Å². The van der Waals surface area contributed by atoms with Crippen molar-refractivity contribution in [1.82, 2.24) is 9.80 Å². The molecular weight excluding hydrogens is 392 g/mol. The minimum absolute atomic E-state index is 0.321. The summed E-state index contributed by atoms with van der Waals surface area (Å²) >= 11 is 0. The van der Waals surface area contributed by atoms with Crippen LogP contribution in [0, 0.1) is 5.92 Å². The molecule has 0 amide bonds. The molecule has 2 aliphatic heterocycles. The first kappa shape index (κ1) is 21.1. The number of nitrogens with zero attached hydrogens (tertiary/aromatic N) is 3. The first-order valence-electron chi connectivity index (χ1n) is 12.1. The van der Waals surface area contributed by atoms with Gasteiger partial charge in [-0.05, 0) is 62.4 Å². The average Bonchev–Trinajstić information content (AvgIpc) is 3.53. The van der Waals surface area contributed by atoms with Crippen molar-refractivity contribution in [3.63, 3.8) is 0 Å². The van der Waals surface area contributed by atoms with Gasteiger partial charge in [0.1, 0.15) is 0 Å². The second-order valence-electron chi connectivity index (χ2n) is 9.68. The number of hydrogen-bond donors (Lipinski definition) is 1. The standard InChI is InChI=1S/C28H36N4/c1-21(23-11-12-23)29-25-13-14-26(27(19-25)31-15-7-8-16-31)22(2)32-18-17-30(3)20-28(32)24-9-5-4-6-10-24/h4-6,9-10,13-14,19,23,28-29H,1-2,7-8,11-12,15-18,20H2,3H3. The normalized spacial score (nSPS) is 21.6. The van der Waals surface area contributed by atoms with E-state index in [9.17, 15) is 0 Å². The van der Waals surface area contributed by atoms with Crippen LogP contribution in [-0.2, 0) is 0 Å². The highest BCUT2D eigenvalue weighted by Gasteiger charge is 2.30. The van der Waals surface area contributed by atoms with Gasteiger partial charge >= 0.3 is 0 Å². The van der Waals surface area contributed by atoms with Crippen molar-refractivity contribution < 1.29 is 0 Å². The van der Waals surface area contributed by atoms with Gasteiger partial charge in [-0.15, -0.1) is 0 Å². The largest absolute Gasteiger partial charge is 0.371 e. The molecule has 2 heterocycles. The predicted molar refractivity (Wildman–Crippen MR) is 136 cm³/mol. The van der Waals surface area contributed by atoms with E-state index in [1.807, 2.05) is 0 Å². The molecule has 3 fully saturated rings. The van der Waals surface area contributed by atoms with Crippen molar-refractivity contribution in [2.24, 2.45) is 5.92 Å². The molecule has 1 saturated carbocycles. The van der Waals surface area contributed by atoms with Crippen LogP contribution in [0.15, 0.2) is 67.4 Å². The molecule has 2 aromatic rings. The summed E-state index contributed by atoms with van der Waals surface area (Å²) in [5.74, 6) is 0.650. The Morgan fingerprint density at radius 2 is 1.69 bits per heavy atom. The Hall–Kier alpha value is -2.72. The van der Waals surface area contributed by atoms with Crippen LogP contribution < -0.4 is 10.2 Å². The van der Waals surface area contributed by atoms with Crippen LogP contribution in [-0.4, -0.2) is 49.6 Å². The fourth-order valence-electron chi connectivity index (χ4n) is 5.15. The van der Waals surface area contributed by atoms with Crippen LogP contribution in [0.2, 0.25) is 0 Å². The number of likely N-dealkylation sites (N-methyl/N-ethyl adjacent to an activating group) is 1. The molecular formula is C28H36N4. The molecule has 4 heteroatoms. The van der Waals surface area contributed by atoms with Gasteiger partial charge in [0.05, 0.1) is 6.04 Å². The van der Waals surface area contributed by atoms with Crippen LogP contribution >= 0.6 is 0 Å². The number of anilines is 2. The third-order valence-electron chi connectivity index (χ3n) is 7.24.